The quantitative estimate of drug-likeness (QED) is 0.428. The van der Waals surface area contributed by atoms with Gasteiger partial charge in [0.25, 0.3) is 0 Å². The predicted molar refractivity (Wildman–Crippen MR) is 57.8 cm³/mol. The van der Waals surface area contributed by atoms with Crippen LogP contribution in [-0.2, 0) is 24.7 Å². The van der Waals surface area contributed by atoms with Crippen molar-refractivity contribution in [3.63, 3.8) is 0 Å². The maximum absolute atomic E-state index is 11.7. The summed E-state index contributed by atoms with van der Waals surface area (Å²) in [5.41, 5.74) is -1.19. The number of aldehydes is 1. The fourth-order valence-electron chi connectivity index (χ4n) is 1.41. The molecule has 0 spiro atoms. The molecule has 0 saturated carbocycles. The van der Waals surface area contributed by atoms with Gasteiger partial charge in [0.1, 0.15) is 0 Å². The van der Waals surface area contributed by atoms with Crippen LogP contribution in [0.4, 0.5) is 0 Å². The molecular formula is C12H14O4. The van der Waals surface area contributed by atoms with Crippen molar-refractivity contribution in [1.82, 2.24) is 0 Å². The van der Waals surface area contributed by atoms with Gasteiger partial charge in [-0.2, -0.15) is 0 Å². The Bertz CT molecular complexity index is 361. The second-order valence-electron chi connectivity index (χ2n) is 3.14. The van der Waals surface area contributed by atoms with Gasteiger partial charge in [0.05, 0.1) is 6.61 Å². The first-order chi connectivity index (χ1) is 7.71. The average molecular weight is 222 g/mol. The summed E-state index contributed by atoms with van der Waals surface area (Å²) in [5, 5.41) is 0. The van der Waals surface area contributed by atoms with Crippen LogP contribution in [0.3, 0.4) is 0 Å². The minimum absolute atomic E-state index is 0.199. The van der Waals surface area contributed by atoms with Gasteiger partial charge < -0.3 is 9.47 Å². The van der Waals surface area contributed by atoms with Crippen molar-refractivity contribution in [3.05, 3.63) is 35.9 Å². The lowest BCUT2D eigenvalue weighted by molar-refractivity contribution is -0.170. The summed E-state index contributed by atoms with van der Waals surface area (Å²) < 4.78 is 9.89. The fraction of sp³-hybridized carbons (Fsp3) is 0.333. The fourth-order valence-corrected chi connectivity index (χ4v) is 1.41. The highest BCUT2D eigenvalue weighted by Gasteiger charge is 2.42. The van der Waals surface area contributed by atoms with E-state index >= 15 is 0 Å². The normalized spacial score (nSPS) is 13.9. The summed E-state index contributed by atoms with van der Waals surface area (Å²) in [6, 6.07) is 8.54. The van der Waals surface area contributed by atoms with Crippen molar-refractivity contribution in [2.75, 3.05) is 13.7 Å². The van der Waals surface area contributed by atoms with Crippen LogP contribution < -0.4 is 0 Å². The van der Waals surface area contributed by atoms with Crippen LogP contribution in [0.5, 0.6) is 0 Å². The molecule has 1 aromatic rings. The molecule has 0 aliphatic carbocycles. The van der Waals surface area contributed by atoms with Crippen molar-refractivity contribution >= 4 is 12.3 Å². The van der Waals surface area contributed by atoms with Crippen LogP contribution >= 0.6 is 0 Å². The van der Waals surface area contributed by atoms with E-state index in [1.54, 1.807) is 37.3 Å². The van der Waals surface area contributed by atoms with E-state index in [-0.39, 0.29) is 6.61 Å². The number of esters is 1. The number of carbonyl (C=O) groups is 2. The molecular weight excluding hydrogens is 208 g/mol. The molecule has 4 heteroatoms. The maximum atomic E-state index is 11.7. The van der Waals surface area contributed by atoms with E-state index in [0.717, 1.165) is 0 Å². The van der Waals surface area contributed by atoms with E-state index in [1.807, 2.05) is 0 Å². The van der Waals surface area contributed by atoms with E-state index in [1.165, 1.54) is 7.11 Å². The Morgan fingerprint density at radius 2 is 2.00 bits per heavy atom. The third kappa shape index (κ3) is 2.12. The zero-order valence-corrected chi connectivity index (χ0v) is 9.30. The summed E-state index contributed by atoms with van der Waals surface area (Å²) in [6.45, 7) is 1.87. The maximum Gasteiger partial charge on any atom is 0.350 e. The number of benzene rings is 1. The number of carbonyl (C=O) groups excluding carboxylic acids is 2. The highest BCUT2D eigenvalue weighted by molar-refractivity contribution is 5.98. The molecule has 0 aliphatic heterocycles. The van der Waals surface area contributed by atoms with E-state index in [4.69, 9.17) is 9.47 Å². The third-order valence-electron chi connectivity index (χ3n) is 2.27. The molecule has 0 aromatic heterocycles. The average Bonchev–Trinajstić information content (AvgIpc) is 2.33. The lowest BCUT2D eigenvalue weighted by Gasteiger charge is -2.24. The Morgan fingerprint density at radius 3 is 2.44 bits per heavy atom. The molecule has 0 heterocycles. The number of hydrogen-bond donors (Lipinski definition) is 0. The first-order valence-electron chi connectivity index (χ1n) is 4.95. The van der Waals surface area contributed by atoms with Crippen molar-refractivity contribution in [2.24, 2.45) is 0 Å². The molecule has 1 aromatic carbocycles. The van der Waals surface area contributed by atoms with Gasteiger partial charge in [-0.1, -0.05) is 30.3 Å². The van der Waals surface area contributed by atoms with Crippen LogP contribution in [0.25, 0.3) is 0 Å². The molecule has 4 nitrogen and oxygen atoms in total. The van der Waals surface area contributed by atoms with Gasteiger partial charge in [0.2, 0.25) is 5.60 Å². The number of hydrogen-bond acceptors (Lipinski definition) is 4. The van der Waals surface area contributed by atoms with Gasteiger partial charge in [-0.15, -0.1) is 0 Å². The molecule has 1 rings (SSSR count). The van der Waals surface area contributed by atoms with Crippen LogP contribution in [0, 0.1) is 0 Å². The number of methoxy groups -OCH3 is 1. The Balaban J connectivity index is 3.15. The highest BCUT2D eigenvalue weighted by atomic mass is 16.6. The van der Waals surface area contributed by atoms with E-state index in [0.29, 0.717) is 11.8 Å². The summed E-state index contributed by atoms with van der Waals surface area (Å²) >= 11 is 0. The molecule has 1 atom stereocenters. The summed E-state index contributed by atoms with van der Waals surface area (Å²) in [6.07, 6.45) is 0.459. The van der Waals surface area contributed by atoms with Crippen molar-refractivity contribution < 1.29 is 19.1 Å². The zero-order valence-electron chi connectivity index (χ0n) is 9.30. The molecule has 0 saturated heterocycles. The van der Waals surface area contributed by atoms with Crippen molar-refractivity contribution in [3.8, 4) is 0 Å². The molecule has 0 amide bonds. The molecule has 0 radical (unpaired) electrons. The van der Waals surface area contributed by atoms with Gasteiger partial charge in [-0.05, 0) is 6.92 Å². The van der Waals surface area contributed by atoms with Crippen molar-refractivity contribution in [2.45, 2.75) is 12.5 Å². The van der Waals surface area contributed by atoms with Crippen LogP contribution in [0.15, 0.2) is 30.3 Å². The lowest BCUT2D eigenvalue weighted by Crippen LogP contribution is -2.41. The topological polar surface area (TPSA) is 52.6 Å². The minimum Gasteiger partial charge on any atom is -0.463 e. The molecule has 1 unspecified atom stereocenters. The lowest BCUT2D eigenvalue weighted by atomic mass is 9.95. The summed E-state index contributed by atoms with van der Waals surface area (Å²) in [4.78, 5) is 22.9. The van der Waals surface area contributed by atoms with Crippen LogP contribution in [0.2, 0.25) is 0 Å². The van der Waals surface area contributed by atoms with Crippen LogP contribution in [-0.4, -0.2) is 26.0 Å². The molecule has 16 heavy (non-hydrogen) atoms. The highest BCUT2D eigenvalue weighted by Crippen LogP contribution is 2.24. The second kappa shape index (κ2) is 5.42. The van der Waals surface area contributed by atoms with E-state index in [9.17, 15) is 9.59 Å². The van der Waals surface area contributed by atoms with E-state index < -0.39 is 11.6 Å². The summed E-state index contributed by atoms with van der Waals surface area (Å²) in [5.74, 6) is -0.696. The van der Waals surface area contributed by atoms with Gasteiger partial charge in [0, 0.05) is 12.7 Å². The summed E-state index contributed by atoms with van der Waals surface area (Å²) in [7, 11) is 1.30. The molecule has 0 aliphatic rings. The molecule has 0 N–H and O–H groups in total. The van der Waals surface area contributed by atoms with Gasteiger partial charge >= 0.3 is 5.97 Å². The van der Waals surface area contributed by atoms with E-state index in [2.05, 4.69) is 0 Å². The number of rotatable bonds is 5. The molecule has 0 fully saturated rings. The minimum atomic E-state index is -1.66. The Hall–Kier alpha value is -1.68. The number of ether oxygens (including phenoxy) is 2. The second-order valence-corrected chi connectivity index (χ2v) is 3.14. The monoisotopic (exact) mass is 222 g/mol. The molecule has 86 valence electrons. The zero-order chi connectivity index (χ0) is 12.0. The Morgan fingerprint density at radius 1 is 1.38 bits per heavy atom. The largest absolute Gasteiger partial charge is 0.463 e. The van der Waals surface area contributed by atoms with Gasteiger partial charge in [0.15, 0.2) is 6.29 Å². The smallest absolute Gasteiger partial charge is 0.350 e. The SMILES string of the molecule is CCOC(=O)C(C=O)(OC)c1ccccc1. The Labute approximate surface area is 94.2 Å². The van der Waals surface area contributed by atoms with Gasteiger partial charge in [-0.25, -0.2) is 4.79 Å². The molecule has 0 bridgehead atoms. The van der Waals surface area contributed by atoms with Crippen LogP contribution in [0.1, 0.15) is 12.5 Å². The first kappa shape index (κ1) is 12.4. The first-order valence-corrected chi connectivity index (χ1v) is 4.95. The van der Waals surface area contributed by atoms with Gasteiger partial charge in [-0.3, -0.25) is 4.79 Å². The predicted octanol–water partition coefficient (Wildman–Crippen LogP) is 1.29. The Kier molecular flexibility index (Phi) is 4.19. The van der Waals surface area contributed by atoms with Crippen molar-refractivity contribution in [1.29, 1.82) is 0 Å². The standard InChI is InChI=1S/C12H14O4/c1-3-16-11(14)12(9-13,15-2)10-7-5-4-6-8-10/h4-9H,3H2,1-2H3. The third-order valence-corrected chi connectivity index (χ3v) is 2.27.